The van der Waals surface area contributed by atoms with Crippen molar-refractivity contribution in [3.63, 3.8) is 0 Å². The lowest BCUT2D eigenvalue weighted by molar-refractivity contribution is 0.292. The molecule has 1 aromatic carbocycles. The van der Waals surface area contributed by atoms with Crippen LogP contribution in [0.2, 0.25) is 0 Å². The van der Waals surface area contributed by atoms with Crippen LogP contribution in [0.25, 0.3) is 0 Å². The van der Waals surface area contributed by atoms with Crippen LogP contribution in [0.5, 0.6) is 0 Å². The second kappa shape index (κ2) is 11.1. The zero-order valence-corrected chi connectivity index (χ0v) is 22.0. The molecule has 2 aromatic rings. The number of nitrogens with zero attached hydrogens (tertiary/aromatic N) is 4. The Morgan fingerprint density at radius 3 is 2.40 bits per heavy atom. The molecule has 1 aliphatic carbocycles. The lowest BCUT2D eigenvalue weighted by Crippen LogP contribution is -2.43. The smallest absolute Gasteiger partial charge is 0.232 e. The van der Waals surface area contributed by atoms with Gasteiger partial charge >= 0.3 is 0 Å². The molecule has 2 saturated heterocycles. The Morgan fingerprint density at radius 1 is 0.943 bits per heavy atom. The Kier molecular flexibility index (Phi) is 7.71. The SMILES string of the molecule is CC1CCCCN1c1cc(N2CCCC2)nc(NC(=S)NCC2(c3ccccc3)CCCCC2)n1. The van der Waals surface area contributed by atoms with Gasteiger partial charge in [-0.05, 0) is 69.7 Å². The Balaban J connectivity index is 1.32. The fourth-order valence-electron chi connectivity index (χ4n) is 6.15. The van der Waals surface area contributed by atoms with Crippen LogP contribution in [0.3, 0.4) is 0 Å². The van der Waals surface area contributed by atoms with Gasteiger partial charge in [0, 0.05) is 43.7 Å². The van der Waals surface area contributed by atoms with E-state index >= 15 is 0 Å². The summed E-state index contributed by atoms with van der Waals surface area (Å²) in [5.41, 5.74) is 1.56. The molecule has 2 aliphatic heterocycles. The summed E-state index contributed by atoms with van der Waals surface area (Å²) < 4.78 is 0. The zero-order valence-electron chi connectivity index (χ0n) is 21.1. The minimum atomic E-state index is 0.137. The van der Waals surface area contributed by atoms with Gasteiger partial charge in [0.05, 0.1) is 0 Å². The number of aromatic nitrogens is 2. The topological polar surface area (TPSA) is 56.3 Å². The maximum absolute atomic E-state index is 5.78. The average molecular weight is 493 g/mol. The fraction of sp³-hybridized carbons (Fsp3) is 0.607. The molecule has 6 nitrogen and oxygen atoms in total. The highest BCUT2D eigenvalue weighted by molar-refractivity contribution is 7.80. The molecule has 0 radical (unpaired) electrons. The summed E-state index contributed by atoms with van der Waals surface area (Å²) in [6, 6.07) is 13.6. The number of hydrogen-bond donors (Lipinski definition) is 2. The molecule has 7 heteroatoms. The number of thiocarbonyl (C=S) groups is 1. The van der Waals surface area contributed by atoms with Crippen molar-refractivity contribution < 1.29 is 0 Å². The van der Waals surface area contributed by atoms with Gasteiger partial charge in [-0.15, -0.1) is 0 Å². The molecule has 1 aromatic heterocycles. The van der Waals surface area contributed by atoms with Crippen LogP contribution in [-0.4, -0.2) is 47.3 Å². The van der Waals surface area contributed by atoms with E-state index in [1.54, 1.807) is 0 Å². The third kappa shape index (κ3) is 5.71. The standard InChI is InChI=1S/C28H40N6S/c1-22-12-6-9-19-34(22)25-20-24(33-17-10-11-18-33)30-26(31-25)32-27(35)29-21-28(15-7-3-8-16-28)23-13-4-2-5-14-23/h2,4-5,13-14,20,22H,3,6-12,15-19,21H2,1H3,(H2,29,30,31,32,35). The van der Waals surface area contributed by atoms with Crippen molar-refractivity contribution in [3.8, 4) is 0 Å². The summed E-state index contributed by atoms with van der Waals surface area (Å²) in [6.45, 7) is 6.33. The molecule has 0 amide bonds. The normalized spacial score (nSPS) is 22.1. The number of rotatable bonds is 6. The van der Waals surface area contributed by atoms with E-state index in [1.165, 1.54) is 69.8 Å². The van der Waals surface area contributed by atoms with Crippen molar-refractivity contribution in [1.82, 2.24) is 15.3 Å². The molecule has 35 heavy (non-hydrogen) atoms. The van der Waals surface area contributed by atoms with Gasteiger partial charge in [-0.3, -0.25) is 0 Å². The number of benzene rings is 1. The molecule has 3 heterocycles. The second-order valence-electron chi connectivity index (χ2n) is 10.7. The Hall–Kier alpha value is -2.41. The van der Waals surface area contributed by atoms with Crippen molar-refractivity contribution in [2.45, 2.75) is 82.6 Å². The van der Waals surface area contributed by atoms with E-state index in [2.05, 4.69) is 63.8 Å². The molecule has 1 unspecified atom stereocenters. The van der Waals surface area contributed by atoms with E-state index in [-0.39, 0.29) is 5.41 Å². The summed E-state index contributed by atoms with van der Waals surface area (Å²) >= 11 is 5.78. The quantitative estimate of drug-likeness (QED) is 0.506. The van der Waals surface area contributed by atoms with Crippen LogP contribution in [0.1, 0.15) is 76.7 Å². The minimum Gasteiger partial charge on any atom is -0.361 e. The van der Waals surface area contributed by atoms with E-state index in [1.807, 2.05) is 0 Å². The van der Waals surface area contributed by atoms with Crippen LogP contribution >= 0.6 is 12.2 Å². The molecule has 3 fully saturated rings. The largest absolute Gasteiger partial charge is 0.361 e. The third-order valence-corrected chi connectivity index (χ3v) is 8.48. The monoisotopic (exact) mass is 492 g/mol. The summed E-state index contributed by atoms with van der Waals surface area (Å²) in [4.78, 5) is 14.7. The van der Waals surface area contributed by atoms with Gasteiger partial charge < -0.3 is 20.4 Å². The van der Waals surface area contributed by atoms with Crippen LogP contribution in [0.15, 0.2) is 36.4 Å². The first-order valence-corrected chi connectivity index (χ1v) is 14.0. The minimum absolute atomic E-state index is 0.137. The fourth-order valence-corrected chi connectivity index (χ4v) is 6.32. The summed E-state index contributed by atoms with van der Waals surface area (Å²) in [7, 11) is 0. The first kappa shape index (κ1) is 24.3. The molecule has 188 valence electrons. The molecule has 5 rings (SSSR count). The van der Waals surface area contributed by atoms with Crippen molar-refractivity contribution in [3.05, 3.63) is 42.0 Å². The second-order valence-corrected chi connectivity index (χ2v) is 11.1. The maximum atomic E-state index is 5.78. The van der Waals surface area contributed by atoms with Gasteiger partial charge in [0.1, 0.15) is 11.6 Å². The predicted octanol–water partition coefficient (Wildman–Crippen LogP) is 5.64. The zero-order chi connectivity index (χ0) is 24.1. The van der Waals surface area contributed by atoms with Crippen LogP contribution in [0.4, 0.5) is 17.6 Å². The van der Waals surface area contributed by atoms with Gasteiger partial charge in [-0.1, -0.05) is 49.6 Å². The van der Waals surface area contributed by atoms with Gasteiger partial charge in [-0.25, -0.2) is 0 Å². The van der Waals surface area contributed by atoms with Crippen LogP contribution in [0, 0.1) is 0 Å². The molecule has 1 saturated carbocycles. The maximum Gasteiger partial charge on any atom is 0.232 e. The number of nitrogens with one attached hydrogen (secondary N) is 2. The summed E-state index contributed by atoms with van der Waals surface area (Å²) in [5, 5.41) is 7.52. The Morgan fingerprint density at radius 2 is 1.66 bits per heavy atom. The lowest BCUT2D eigenvalue weighted by Gasteiger charge is -2.38. The van der Waals surface area contributed by atoms with E-state index in [4.69, 9.17) is 22.2 Å². The third-order valence-electron chi connectivity index (χ3n) is 8.24. The molecule has 3 aliphatic rings. The molecule has 0 spiro atoms. The number of piperidine rings is 1. The Bertz CT molecular complexity index is 984. The molecule has 0 bridgehead atoms. The highest BCUT2D eigenvalue weighted by atomic mass is 32.1. The van der Waals surface area contributed by atoms with Crippen molar-refractivity contribution >= 4 is 34.9 Å². The predicted molar refractivity (Wildman–Crippen MR) is 150 cm³/mol. The van der Waals surface area contributed by atoms with Crippen molar-refractivity contribution in [1.29, 1.82) is 0 Å². The highest BCUT2D eigenvalue weighted by Crippen LogP contribution is 2.39. The first-order chi connectivity index (χ1) is 17.1. The van der Waals surface area contributed by atoms with E-state index in [0.29, 0.717) is 17.1 Å². The molecule has 2 N–H and O–H groups in total. The van der Waals surface area contributed by atoms with Gasteiger partial charge in [0.15, 0.2) is 5.11 Å². The highest BCUT2D eigenvalue weighted by Gasteiger charge is 2.34. The average Bonchev–Trinajstić information content (AvgIpc) is 3.44. The van der Waals surface area contributed by atoms with Gasteiger partial charge in [0.2, 0.25) is 5.95 Å². The van der Waals surface area contributed by atoms with E-state index in [9.17, 15) is 0 Å². The first-order valence-electron chi connectivity index (χ1n) is 13.6. The van der Waals surface area contributed by atoms with Crippen LogP contribution < -0.4 is 20.4 Å². The lowest BCUT2D eigenvalue weighted by atomic mass is 9.69. The summed E-state index contributed by atoms with van der Waals surface area (Å²) in [6.07, 6.45) is 12.5. The summed E-state index contributed by atoms with van der Waals surface area (Å²) in [5.74, 6) is 2.65. The molecule has 1 atom stereocenters. The van der Waals surface area contributed by atoms with Crippen molar-refractivity contribution in [2.75, 3.05) is 41.3 Å². The van der Waals surface area contributed by atoms with E-state index < -0.39 is 0 Å². The Labute approximate surface area is 215 Å². The van der Waals surface area contributed by atoms with Gasteiger partial charge in [-0.2, -0.15) is 9.97 Å². The molecular weight excluding hydrogens is 452 g/mol. The molecular formula is C28H40N6S. The number of hydrogen-bond acceptors (Lipinski definition) is 5. The van der Waals surface area contributed by atoms with Crippen LogP contribution in [-0.2, 0) is 5.41 Å². The van der Waals surface area contributed by atoms with Crippen molar-refractivity contribution in [2.24, 2.45) is 0 Å². The van der Waals surface area contributed by atoms with E-state index in [0.717, 1.165) is 37.8 Å². The number of anilines is 3. The van der Waals surface area contributed by atoms with Gasteiger partial charge in [0.25, 0.3) is 0 Å².